The van der Waals surface area contributed by atoms with E-state index in [0.717, 1.165) is 5.56 Å². The van der Waals surface area contributed by atoms with Crippen molar-refractivity contribution in [3.8, 4) is 0 Å². The Morgan fingerprint density at radius 2 is 1.93 bits per heavy atom. The zero-order valence-corrected chi connectivity index (χ0v) is 9.36. The molecule has 1 aromatic carbocycles. The van der Waals surface area contributed by atoms with Crippen LogP contribution in [-0.2, 0) is 5.66 Å². The average Bonchev–Trinajstić information content (AvgIpc) is 2.43. The van der Waals surface area contributed by atoms with Gasteiger partial charge in [-0.25, -0.2) is 9.82 Å². The lowest BCUT2D eigenvalue weighted by molar-refractivity contribution is 0.266. The first-order chi connectivity index (χ1) is 7.01. The second-order valence-corrected chi connectivity index (χ2v) is 4.12. The minimum Gasteiger partial charge on any atom is -0.338 e. The van der Waals surface area contributed by atoms with Gasteiger partial charge >= 0.3 is 0 Å². The van der Waals surface area contributed by atoms with Crippen molar-refractivity contribution >= 4 is 17.3 Å². The quantitative estimate of drug-likeness (QED) is 0.705. The summed E-state index contributed by atoms with van der Waals surface area (Å²) in [5.74, 6) is -0.240. The predicted molar refractivity (Wildman–Crippen MR) is 60.4 cm³/mol. The SMILES string of the molecule is CN1N[C@@](C)(c2ccc(F)cc2)NC1=S. The second-order valence-electron chi connectivity index (χ2n) is 3.73. The maximum Gasteiger partial charge on any atom is 0.185 e. The molecule has 2 N–H and O–H groups in total. The maximum atomic E-state index is 12.8. The fourth-order valence-electron chi connectivity index (χ4n) is 1.63. The van der Waals surface area contributed by atoms with Gasteiger partial charge in [0.05, 0.1) is 0 Å². The first kappa shape index (κ1) is 10.3. The second kappa shape index (κ2) is 3.43. The van der Waals surface area contributed by atoms with Crippen LogP contribution in [0.25, 0.3) is 0 Å². The van der Waals surface area contributed by atoms with E-state index in [-0.39, 0.29) is 5.82 Å². The van der Waals surface area contributed by atoms with Gasteiger partial charge in [0.15, 0.2) is 5.11 Å². The molecule has 1 saturated heterocycles. The summed E-state index contributed by atoms with van der Waals surface area (Å²) in [6, 6.07) is 6.34. The van der Waals surface area contributed by atoms with E-state index in [1.54, 1.807) is 17.1 Å². The van der Waals surface area contributed by atoms with Crippen molar-refractivity contribution in [2.24, 2.45) is 0 Å². The minimum atomic E-state index is -0.459. The molecule has 0 spiro atoms. The van der Waals surface area contributed by atoms with Gasteiger partial charge in [-0.3, -0.25) is 5.01 Å². The first-order valence-corrected chi connectivity index (χ1v) is 5.02. The van der Waals surface area contributed by atoms with E-state index in [4.69, 9.17) is 12.2 Å². The highest BCUT2D eigenvalue weighted by Gasteiger charge is 2.35. The molecule has 1 atom stereocenters. The largest absolute Gasteiger partial charge is 0.338 e. The van der Waals surface area contributed by atoms with Crippen molar-refractivity contribution in [3.63, 3.8) is 0 Å². The molecule has 3 nitrogen and oxygen atoms in total. The van der Waals surface area contributed by atoms with E-state index in [1.165, 1.54) is 12.1 Å². The first-order valence-electron chi connectivity index (χ1n) is 4.61. The number of thiocarbonyl (C=S) groups is 1. The van der Waals surface area contributed by atoms with Crippen LogP contribution in [0.1, 0.15) is 12.5 Å². The number of hydrazine groups is 1. The van der Waals surface area contributed by atoms with E-state index < -0.39 is 5.66 Å². The molecule has 0 saturated carbocycles. The molecule has 15 heavy (non-hydrogen) atoms. The summed E-state index contributed by atoms with van der Waals surface area (Å²) in [5, 5.41) is 5.50. The highest BCUT2D eigenvalue weighted by molar-refractivity contribution is 7.80. The topological polar surface area (TPSA) is 27.3 Å². The molecular weight excluding hydrogens is 213 g/mol. The Morgan fingerprint density at radius 1 is 1.33 bits per heavy atom. The third-order valence-corrected chi connectivity index (χ3v) is 2.85. The summed E-state index contributed by atoms with van der Waals surface area (Å²) in [6.45, 7) is 1.95. The molecule has 1 aromatic rings. The van der Waals surface area contributed by atoms with Crippen LogP contribution in [0.4, 0.5) is 4.39 Å². The lowest BCUT2D eigenvalue weighted by atomic mass is 10.0. The van der Waals surface area contributed by atoms with E-state index in [9.17, 15) is 4.39 Å². The summed E-state index contributed by atoms with van der Waals surface area (Å²) < 4.78 is 12.8. The molecule has 5 heteroatoms. The zero-order chi connectivity index (χ0) is 11.1. The highest BCUT2D eigenvalue weighted by Crippen LogP contribution is 2.22. The Labute approximate surface area is 93.2 Å². The molecule has 80 valence electrons. The van der Waals surface area contributed by atoms with Crippen LogP contribution in [0, 0.1) is 5.82 Å². The minimum absolute atomic E-state index is 0.240. The fraction of sp³-hybridized carbons (Fsp3) is 0.300. The number of nitrogens with one attached hydrogen (secondary N) is 2. The van der Waals surface area contributed by atoms with Crippen LogP contribution >= 0.6 is 12.2 Å². The van der Waals surface area contributed by atoms with E-state index in [2.05, 4.69) is 10.7 Å². The molecule has 1 heterocycles. The number of hydrogen-bond donors (Lipinski definition) is 2. The van der Waals surface area contributed by atoms with Crippen LogP contribution in [-0.4, -0.2) is 17.2 Å². The third kappa shape index (κ3) is 1.80. The van der Waals surface area contributed by atoms with Crippen LogP contribution < -0.4 is 10.7 Å². The molecule has 0 radical (unpaired) electrons. The van der Waals surface area contributed by atoms with Gasteiger partial charge in [0, 0.05) is 7.05 Å². The molecule has 0 amide bonds. The Morgan fingerprint density at radius 3 is 2.40 bits per heavy atom. The molecule has 0 aliphatic carbocycles. The molecular formula is C10H12FN3S. The van der Waals surface area contributed by atoms with Gasteiger partial charge in [-0.05, 0) is 36.8 Å². The smallest absolute Gasteiger partial charge is 0.185 e. The van der Waals surface area contributed by atoms with Gasteiger partial charge in [-0.1, -0.05) is 12.1 Å². The number of halogens is 1. The van der Waals surface area contributed by atoms with Gasteiger partial charge in [-0.15, -0.1) is 0 Å². The number of benzene rings is 1. The zero-order valence-electron chi connectivity index (χ0n) is 8.54. The Bertz CT molecular complexity index is 392. The lowest BCUT2D eigenvalue weighted by Gasteiger charge is -2.24. The van der Waals surface area contributed by atoms with Gasteiger partial charge in [0.2, 0.25) is 0 Å². The van der Waals surface area contributed by atoms with Gasteiger partial charge in [0.25, 0.3) is 0 Å². The molecule has 1 fully saturated rings. The third-order valence-electron chi connectivity index (χ3n) is 2.47. The highest BCUT2D eigenvalue weighted by atomic mass is 32.1. The van der Waals surface area contributed by atoms with Crippen LogP contribution in [0.3, 0.4) is 0 Å². The lowest BCUT2D eigenvalue weighted by Crippen LogP contribution is -2.44. The molecule has 1 aliphatic heterocycles. The van der Waals surface area contributed by atoms with Crippen LogP contribution in [0.15, 0.2) is 24.3 Å². The molecule has 2 rings (SSSR count). The maximum absolute atomic E-state index is 12.8. The van der Waals surface area contributed by atoms with E-state index >= 15 is 0 Å². The predicted octanol–water partition coefficient (Wildman–Crippen LogP) is 1.32. The van der Waals surface area contributed by atoms with Crippen LogP contribution in [0.2, 0.25) is 0 Å². The van der Waals surface area contributed by atoms with Gasteiger partial charge in [0.1, 0.15) is 11.5 Å². The number of nitrogens with zero attached hydrogens (tertiary/aromatic N) is 1. The Hall–Kier alpha value is -1.20. The standard InChI is InChI=1S/C10H12FN3S/c1-10(12-9(15)14(2)13-10)7-3-5-8(11)6-4-7/h3-6,13H,1-2H3,(H,12,15)/t10-/m0/s1. The Kier molecular flexibility index (Phi) is 2.36. The molecule has 0 bridgehead atoms. The Balaban J connectivity index is 2.31. The normalized spacial score (nSPS) is 25.5. The van der Waals surface area contributed by atoms with Crippen molar-refractivity contribution in [1.29, 1.82) is 0 Å². The number of hydrogen-bond acceptors (Lipinski definition) is 2. The van der Waals surface area contributed by atoms with E-state index in [0.29, 0.717) is 5.11 Å². The molecule has 1 aliphatic rings. The average molecular weight is 225 g/mol. The van der Waals surface area contributed by atoms with Crippen molar-refractivity contribution in [3.05, 3.63) is 35.6 Å². The van der Waals surface area contributed by atoms with Crippen LogP contribution in [0.5, 0.6) is 0 Å². The van der Waals surface area contributed by atoms with Crippen molar-refractivity contribution in [1.82, 2.24) is 15.8 Å². The number of rotatable bonds is 1. The molecule has 0 unspecified atom stereocenters. The summed E-state index contributed by atoms with van der Waals surface area (Å²) >= 11 is 5.09. The van der Waals surface area contributed by atoms with E-state index in [1.807, 2.05) is 14.0 Å². The summed E-state index contributed by atoms with van der Waals surface area (Å²) in [4.78, 5) is 0. The van der Waals surface area contributed by atoms with Gasteiger partial charge < -0.3 is 5.32 Å². The van der Waals surface area contributed by atoms with Crippen molar-refractivity contribution < 1.29 is 4.39 Å². The summed E-state index contributed by atoms with van der Waals surface area (Å²) in [5.41, 5.74) is 3.66. The van der Waals surface area contributed by atoms with Gasteiger partial charge in [-0.2, -0.15) is 0 Å². The fourth-order valence-corrected chi connectivity index (χ4v) is 1.88. The molecule has 0 aromatic heterocycles. The van der Waals surface area contributed by atoms with Crippen molar-refractivity contribution in [2.75, 3.05) is 7.05 Å². The van der Waals surface area contributed by atoms with Crippen molar-refractivity contribution in [2.45, 2.75) is 12.6 Å². The summed E-state index contributed by atoms with van der Waals surface area (Å²) in [6.07, 6.45) is 0. The summed E-state index contributed by atoms with van der Waals surface area (Å²) in [7, 11) is 1.84. The monoisotopic (exact) mass is 225 g/mol.